The summed E-state index contributed by atoms with van der Waals surface area (Å²) in [5, 5.41) is 2.59. The Labute approximate surface area is 238 Å². The number of ether oxygens (including phenoxy) is 1. The number of nitrogens with zero attached hydrogens (tertiary/aromatic N) is 8. The minimum absolute atomic E-state index is 0.0137. The second-order valence-corrected chi connectivity index (χ2v) is 9.25. The summed E-state index contributed by atoms with van der Waals surface area (Å²) in [6.07, 6.45) is 4.79. The van der Waals surface area contributed by atoms with Crippen LogP contribution < -0.4 is 20.9 Å². The molecule has 2 fully saturated rings. The second kappa shape index (κ2) is 16.3. The van der Waals surface area contributed by atoms with Crippen molar-refractivity contribution in [1.82, 2.24) is 35.1 Å². The van der Waals surface area contributed by atoms with Crippen LogP contribution in [0.5, 0.6) is 0 Å². The molecule has 4 heterocycles. The molecule has 15 heteroatoms. The normalized spacial score (nSPS) is 15.6. The Hall–Kier alpha value is -4.01. The SMILES string of the molecule is C/C=C/C.Nc1ncc(-c2nc(N3CCOCC3)nc(N3CCN(C(=O)CCCCNC=O)CC3)n2)c(C(F)F)n1. The highest BCUT2D eigenvalue weighted by Crippen LogP contribution is 2.30. The number of aromatic nitrogens is 5. The van der Waals surface area contributed by atoms with Crippen molar-refractivity contribution in [2.75, 3.05) is 74.6 Å². The fourth-order valence-electron chi connectivity index (χ4n) is 4.14. The average Bonchev–Trinajstić information content (AvgIpc) is 3.01. The smallest absolute Gasteiger partial charge is 0.281 e. The number of anilines is 3. The molecule has 0 aliphatic carbocycles. The van der Waals surface area contributed by atoms with Gasteiger partial charge in [-0.15, -0.1) is 0 Å². The summed E-state index contributed by atoms with van der Waals surface area (Å²) in [4.78, 5) is 49.7. The number of carbonyl (C=O) groups excluding carboxylic acids is 2. The number of nitrogens with two attached hydrogens (primary N) is 1. The molecule has 4 rings (SSSR count). The zero-order valence-electron chi connectivity index (χ0n) is 23.5. The van der Waals surface area contributed by atoms with Crippen LogP contribution in [0.25, 0.3) is 11.4 Å². The van der Waals surface area contributed by atoms with Crippen LogP contribution in [0.1, 0.15) is 45.2 Å². The fourth-order valence-corrected chi connectivity index (χ4v) is 4.14. The monoisotopic (exact) mass is 576 g/mol. The number of morpholine rings is 1. The first-order chi connectivity index (χ1) is 19.9. The van der Waals surface area contributed by atoms with Crippen molar-refractivity contribution >= 4 is 30.2 Å². The Bertz CT molecular complexity index is 1150. The van der Waals surface area contributed by atoms with Gasteiger partial charge in [0.2, 0.25) is 30.2 Å². The largest absolute Gasteiger partial charge is 0.378 e. The summed E-state index contributed by atoms with van der Waals surface area (Å²) in [5.74, 6) is 0.502. The van der Waals surface area contributed by atoms with Crippen LogP contribution in [0.4, 0.5) is 26.6 Å². The van der Waals surface area contributed by atoms with Gasteiger partial charge in [0.25, 0.3) is 6.43 Å². The molecule has 13 nitrogen and oxygen atoms in total. The minimum Gasteiger partial charge on any atom is -0.378 e. The Kier molecular flexibility index (Phi) is 12.5. The Morgan fingerprint density at radius 3 is 2.22 bits per heavy atom. The van der Waals surface area contributed by atoms with Gasteiger partial charge in [-0.2, -0.15) is 15.0 Å². The predicted octanol–water partition coefficient (Wildman–Crippen LogP) is 1.83. The second-order valence-electron chi connectivity index (χ2n) is 9.25. The summed E-state index contributed by atoms with van der Waals surface area (Å²) >= 11 is 0. The summed E-state index contributed by atoms with van der Waals surface area (Å²) in [7, 11) is 0. The molecule has 2 aliphatic rings. The van der Waals surface area contributed by atoms with E-state index in [2.05, 4.69) is 30.2 Å². The molecule has 2 saturated heterocycles. The minimum atomic E-state index is -2.89. The van der Waals surface area contributed by atoms with Crippen LogP contribution in [-0.2, 0) is 14.3 Å². The van der Waals surface area contributed by atoms with E-state index in [1.807, 2.05) is 35.8 Å². The van der Waals surface area contributed by atoms with Crippen molar-refractivity contribution in [1.29, 1.82) is 0 Å². The van der Waals surface area contributed by atoms with Crippen LogP contribution >= 0.6 is 0 Å². The standard InChI is InChI=1S/C22H30F2N10O3.C4H8/c23-18(24)17-15(13-27-20(25)28-17)19-29-21(31-22(30-19)34-9-11-37-12-10-34)33-7-5-32(6-8-33)16(36)3-1-2-4-26-14-35;1-3-4-2/h13-14,18H,1-12H2,(H,26,35)(H2,25,27,28);3-4H,1-2H3/b;4-3+. The number of piperazine rings is 1. The summed E-state index contributed by atoms with van der Waals surface area (Å²) < 4.78 is 32.9. The van der Waals surface area contributed by atoms with Crippen molar-refractivity contribution < 1.29 is 23.1 Å². The first kappa shape index (κ1) is 31.5. The maximum Gasteiger partial charge on any atom is 0.281 e. The van der Waals surface area contributed by atoms with Gasteiger partial charge in [0.15, 0.2) is 5.82 Å². The highest BCUT2D eigenvalue weighted by molar-refractivity contribution is 5.76. The number of allylic oxidation sites excluding steroid dienone is 2. The van der Waals surface area contributed by atoms with E-state index in [9.17, 15) is 18.4 Å². The van der Waals surface area contributed by atoms with Gasteiger partial charge in [0.05, 0.1) is 18.8 Å². The van der Waals surface area contributed by atoms with Gasteiger partial charge in [-0.05, 0) is 26.7 Å². The maximum absolute atomic E-state index is 13.8. The van der Waals surface area contributed by atoms with Crippen LogP contribution in [0, 0.1) is 0 Å². The van der Waals surface area contributed by atoms with Crippen molar-refractivity contribution in [3.63, 3.8) is 0 Å². The number of carbonyl (C=O) groups is 2. The van der Waals surface area contributed by atoms with E-state index >= 15 is 0 Å². The van der Waals surface area contributed by atoms with Gasteiger partial charge in [0.1, 0.15) is 5.69 Å². The average molecular weight is 577 g/mol. The summed E-state index contributed by atoms with van der Waals surface area (Å²) in [6, 6.07) is 0. The molecule has 0 bridgehead atoms. The van der Waals surface area contributed by atoms with Gasteiger partial charge in [-0.25, -0.2) is 18.7 Å². The van der Waals surface area contributed by atoms with Crippen molar-refractivity contribution in [2.45, 2.75) is 39.5 Å². The maximum atomic E-state index is 13.8. The van der Waals surface area contributed by atoms with E-state index in [4.69, 9.17) is 10.5 Å². The van der Waals surface area contributed by atoms with E-state index in [1.54, 1.807) is 4.90 Å². The number of halogens is 2. The quantitative estimate of drug-likeness (QED) is 0.242. The van der Waals surface area contributed by atoms with Crippen molar-refractivity contribution in [3.8, 4) is 11.4 Å². The molecule has 0 atom stereocenters. The Balaban J connectivity index is 0.00000108. The van der Waals surface area contributed by atoms with Gasteiger partial charge >= 0.3 is 0 Å². The van der Waals surface area contributed by atoms with E-state index in [1.165, 1.54) is 6.20 Å². The molecule has 2 aromatic rings. The van der Waals surface area contributed by atoms with E-state index in [0.29, 0.717) is 90.2 Å². The van der Waals surface area contributed by atoms with Crippen LogP contribution in [-0.4, -0.2) is 101 Å². The number of rotatable bonds is 10. The van der Waals surface area contributed by atoms with Crippen molar-refractivity contribution in [3.05, 3.63) is 24.0 Å². The molecule has 2 amide bonds. The lowest BCUT2D eigenvalue weighted by atomic mass is 10.2. The fraction of sp³-hybridized carbons (Fsp3) is 0.577. The number of unbranched alkanes of at least 4 members (excludes halogenated alkanes) is 1. The van der Waals surface area contributed by atoms with Gasteiger partial charge in [0, 0.05) is 58.4 Å². The Morgan fingerprint density at radius 1 is 1.00 bits per heavy atom. The molecular weight excluding hydrogens is 538 g/mol. The van der Waals surface area contributed by atoms with E-state index in [0.717, 1.165) is 6.42 Å². The topological polar surface area (TPSA) is 156 Å². The molecule has 2 aliphatic heterocycles. The molecule has 224 valence electrons. The summed E-state index contributed by atoms with van der Waals surface area (Å²) in [5.41, 5.74) is 4.98. The molecule has 3 N–H and O–H groups in total. The van der Waals surface area contributed by atoms with E-state index < -0.39 is 12.1 Å². The van der Waals surface area contributed by atoms with Gasteiger partial charge in [-0.1, -0.05) is 12.2 Å². The zero-order chi connectivity index (χ0) is 29.6. The highest BCUT2D eigenvalue weighted by Gasteiger charge is 2.27. The highest BCUT2D eigenvalue weighted by atomic mass is 19.3. The van der Waals surface area contributed by atoms with E-state index in [-0.39, 0.29) is 23.2 Å². The number of hydrogen-bond donors (Lipinski definition) is 2. The first-order valence-electron chi connectivity index (χ1n) is 13.6. The number of nitrogens with one attached hydrogen (secondary N) is 1. The molecule has 0 spiro atoms. The number of hydrogen-bond acceptors (Lipinski definition) is 11. The summed E-state index contributed by atoms with van der Waals surface area (Å²) in [6.45, 7) is 8.55. The van der Waals surface area contributed by atoms with Crippen LogP contribution in [0.15, 0.2) is 18.3 Å². The molecule has 0 unspecified atom stereocenters. The zero-order valence-corrected chi connectivity index (χ0v) is 23.5. The number of nitrogen functional groups attached to an aromatic ring is 1. The number of alkyl halides is 2. The lowest BCUT2D eigenvalue weighted by Gasteiger charge is -2.35. The van der Waals surface area contributed by atoms with Gasteiger partial charge < -0.3 is 30.5 Å². The molecule has 0 radical (unpaired) electrons. The molecular formula is C26H38F2N10O3. The number of amides is 2. The van der Waals surface area contributed by atoms with Crippen molar-refractivity contribution in [2.24, 2.45) is 0 Å². The van der Waals surface area contributed by atoms with Gasteiger partial charge in [-0.3, -0.25) is 9.59 Å². The molecule has 41 heavy (non-hydrogen) atoms. The third-order valence-corrected chi connectivity index (χ3v) is 6.48. The third-order valence-electron chi connectivity index (χ3n) is 6.48. The lowest BCUT2D eigenvalue weighted by molar-refractivity contribution is -0.131. The molecule has 0 saturated carbocycles. The molecule has 0 aromatic carbocycles. The van der Waals surface area contributed by atoms with Crippen LogP contribution in [0.2, 0.25) is 0 Å². The van der Waals surface area contributed by atoms with Crippen LogP contribution in [0.3, 0.4) is 0 Å². The third kappa shape index (κ3) is 9.27. The lowest BCUT2D eigenvalue weighted by Crippen LogP contribution is -2.49. The Morgan fingerprint density at radius 2 is 1.63 bits per heavy atom. The predicted molar refractivity (Wildman–Crippen MR) is 150 cm³/mol. The molecule has 2 aromatic heterocycles. The first-order valence-corrected chi connectivity index (χ1v) is 13.6.